The van der Waals surface area contributed by atoms with E-state index in [9.17, 15) is 14.0 Å². The molecule has 152 valence electrons. The predicted octanol–water partition coefficient (Wildman–Crippen LogP) is 4.35. The van der Waals surface area contributed by atoms with Crippen LogP contribution in [0.5, 0.6) is 0 Å². The maximum absolute atomic E-state index is 13.3. The number of halogens is 1. The molecule has 0 aliphatic carbocycles. The minimum atomic E-state index is -0.357. The molecule has 2 atom stereocenters. The normalized spacial score (nSPS) is 22.0. The van der Waals surface area contributed by atoms with Crippen molar-refractivity contribution >= 4 is 11.8 Å². The number of hydrogen-bond acceptors (Lipinski definition) is 2. The largest absolute Gasteiger partial charge is 0.338 e. The number of nitrogens with zero attached hydrogens (tertiary/aromatic N) is 2. The third kappa shape index (κ3) is 4.19. The first kappa shape index (κ1) is 19.6. The van der Waals surface area contributed by atoms with Gasteiger partial charge in [0.2, 0.25) is 5.91 Å². The van der Waals surface area contributed by atoms with Gasteiger partial charge in [-0.25, -0.2) is 4.39 Å². The van der Waals surface area contributed by atoms with Crippen molar-refractivity contribution in [2.75, 3.05) is 19.6 Å². The van der Waals surface area contributed by atoms with E-state index in [1.165, 1.54) is 35.4 Å². The molecule has 4 nitrogen and oxygen atoms in total. The Morgan fingerprint density at radius 1 is 0.931 bits per heavy atom. The summed E-state index contributed by atoms with van der Waals surface area (Å²) in [6.07, 6.45) is 3.62. The highest BCUT2D eigenvalue weighted by Crippen LogP contribution is 2.34. The Balaban J connectivity index is 1.46. The maximum atomic E-state index is 13.3. The second kappa shape index (κ2) is 8.36. The van der Waals surface area contributed by atoms with E-state index >= 15 is 0 Å². The van der Waals surface area contributed by atoms with Crippen LogP contribution >= 0.6 is 0 Å². The van der Waals surface area contributed by atoms with Crippen LogP contribution in [0, 0.1) is 18.7 Å². The number of amides is 2. The second-order valence-corrected chi connectivity index (χ2v) is 8.20. The molecule has 2 heterocycles. The van der Waals surface area contributed by atoms with Gasteiger partial charge in [-0.3, -0.25) is 9.59 Å². The summed E-state index contributed by atoms with van der Waals surface area (Å²) in [5, 5.41) is 0. The molecule has 2 amide bonds. The fourth-order valence-electron chi connectivity index (χ4n) is 4.54. The van der Waals surface area contributed by atoms with Crippen molar-refractivity contribution in [2.45, 2.75) is 38.6 Å². The van der Waals surface area contributed by atoms with Gasteiger partial charge in [0, 0.05) is 25.2 Å². The standard InChI is InChI=1S/C24H27FN2O2/c1-17-6-8-18(9-7-17)22-5-3-15-27(22)24(29)20-4-2-14-26(16-20)23(28)19-10-12-21(25)13-11-19/h6-13,20,22H,2-5,14-16H2,1H3. The van der Waals surface area contributed by atoms with E-state index in [-0.39, 0.29) is 29.6 Å². The summed E-state index contributed by atoms with van der Waals surface area (Å²) >= 11 is 0. The van der Waals surface area contributed by atoms with E-state index in [1.807, 2.05) is 4.90 Å². The van der Waals surface area contributed by atoms with Crippen molar-refractivity contribution in [1.82, 2.24) is 9.80 Å². The smallest absolute Gasteiger partial charge is 0.253 e. The number of benzene rings is 2. The fraction of sp³-hybridized carbons (Fsp3) is 0.417. The third-order valence-corrected chi connectivity index (χ3v) is 6.15. The van der Waals surface area contributed by atoms with Crippen molar-refractivity contribution in [3.63, 3.8) is 0 Å². The van der Waals surface area contributed by atoms with E-state index in [1.54, 1.807) is 4.90 Å². The Hall–Kier alpha value is -2.69. The van der Waals surface area contributed by atoms with Crippen LogP contribution in [0.3, 0.4) is 0 Å². The van der Waals surface area contributed by atoms with Gasteiger partial charge in [0.05, 0.1) is 12.0 Å². The molecule has 5 heteroatoms. The molecular formula is C24H27FN2O2. The van der Waals surface area contributed by atoms with Crippen LogP contribution < -0.4 is 0 Å². The lowest BCUT2D eigenvalue weighted by atomic mass is 9.94. The van der Waals surface area contributed by atoms with E-state index in [4.69, 9.17) is 0 Å². The number of likely N-dealkylation sites (tertiary alicyclic amines) is 2. The first-order valence-electron chi connectivity index (χ1n) is 10.4. The van der Waals surface area contributed by atoms with Gasteiger partial charge in [0.15, 0.2) is 0 Å². The monoisotopic (exact) mass is 394 g/mol. The first-order valence-corrected chi connectivity index (χ1v) is 10.4. The predicted molar refractivity (Wildman–Crippen MR) is 110 cm³/mol. The minimum absolute atomic E-state index is 0.126. The van der Waals surface area contributed by atoms with Gasteiger partial charge in [-0.1, -0.05) is 29.8 Å². The molecule has 0 N–H and O–H groups in total. The molecule has 2 fully saturated rings. The number of hydrogen-bond donors (Lipinski definition) is 0. The summed E-state index contributed by atoms with van der Waals surface area (Å²) in [5.41, 5.74) is 2.88. The zero-order chi connectivity index (χ0) is 20.4. The molecule has 0 saturated carbocycles. The van der Waals surface area contributed by atoms with Crippen molar-refractivity contribution < 1.29 is 14.0 Å². The molecule has 2 aliphatic heterocycles. The SMILES string of the molecule is Cc1ccc(C2CCCN2C(=O)C2CCCN(C(=O)c3ccc(F)cc3)C2)cc1. The summed E-state index contributed by atoms with van der Waals surface area (Å²) in [5.74, 6) is -0.493. The molecule has 0 spiro atoms. The van der Waals surface area contributed by atoms with Gasteiger partial charge >= 0.3 is 0 Å². The Morgan fingerprint density at radius 3 is 2.34 bits per heavy atom. The van der Waals surface area contributed by atoms with Crippen molar-refractivity contribution in [3.8, 4) is 0 Å². The zero-order valence-electron chi connectivity index (χ0n) is 16.8. The number of piperidine rings is 1. The first-order chi connectivity index (χ1) is 14.0. The van der Waals surface area contributed by atoms with E-state index in [2.05, 4.69) is 31.2 Å². The average Bonchev–Trinajstić information content (AvgIpc) is 3.24. The quantitative estimate of drug-likeness (QED) is 0.777. The molecule has 29 heavy (non-hydrogen) atoms. The highest BCUT2D eigenvalue weighted by molar-refractivity contribution is 5.94. The molecule has 2 aromatic carbocycles. The van der Waals surface area contributed by atoms with Crippen LogP contribution in [0.25, 0.3) is 0 Å². The minimum Gasteiger partial charge on any atom is -0.338 e. The van der Waals surface area contributed by atoms with Gasteiger partial charge in [0.25, 0.3) is 5.91 Å². The van der Waals surface area contributed by atoms with Gasteiger partial charge in [-0.05, 0) is 62.4 Å². The summed E-state index contributed by atoms with van der Waals surface area (Å²) in [7, 11) is 0. The Labute approximate surface area is 171 Å². The number of carbonyl (C=O) groups is 2. The Kier molecular flexibility index (Phi) is 5.65. The van der Waals surface area contributed by atoms with E-state index in [0.29, 0.717) is 18.7 Å². The van der Waals surface area contributed by atoms with Crippen LogP contribution in [0.15, 0.2) is 48.5 Å². The van der Waals surface area contributed by atoms with Crippen molar-refractivity contribution in [2.24, 2.45) is 5.92 Å². The summed E-state index contributed by atoms with van der Waals surface area (Å²) < 4.78 is 13.2. The second-order valence-electron chi connectivity index (χ2n) is 8.20. The van der Waals surface area contributed by atoms with E-state index in [0.717, 1.165) is 32.2 Å². The van der Waals surface area contributed by atoms with Crippen molar-refractivity contribution in [3.05, 3.63) is 71.0 Å². The fourth-order valence-corrected chi connectivity index (χ4v) is 4.54. The highest BCUT2D eigenvalue weighted by atomic mass is 19.1. The third-order valence-electron chi connectivity index (χ3n) is 6.15. The summed E-state index contributed by atoms with van der Waals surface area (Å²) in [6, 6.07) is 14.2. The Morgan fingerprint density at radius 2 is 1.62 bits per heavy atom. The number of carbonyl (C=O) groups excluding carboxylic acids is 2. The average molecular weight is 394 g/mol. The number of aryl methyl sites for hydroxylation is 1. The van der Waals surface area contributed by atoms with Gasteiger partial charge < -0.3 is 9.80 Å². The molecular weight excluding hydrogens is 367 g/mol. The van der Waals surface area contributed by atoms with Crippen LogP contribution in [0.1, 0.15) is 53.2 Å². The van der Waals surface area contributed by atoms with Gasteiger partial charge in [-0.15, -0.1) is 0 Å². The van der Waals surface area contributed by atoms with Crippen molar-refractivity contribution in [1.29, 1.82) is 0 Å². The molecule has 0 radical (unpaired) electrons. The topological polar surface area (TPSA) is 40.6 Å². The molecule has 2 aromatic rings. The summed E-state index contributed by atoms with van der Waals surface area (Å²) in [6.45, 7) is 3.92. The lowest BCUT2D eigenvalue weighted by Gasteiger charge is -2.36. The Bertz CT molecular complexity index is 879. The van der Waals surface area contributed by atoms with Gasteiger partial charge in [-0.2, -0.15) is 0 Å². The molecule has 4 rings (SSSR count). The molecule has 2 saturated heterocycles. The molecule has 2 aliphatic rings. The highest BCUT2D eigenvalue weighted by Gasteiger charge is 2.36. The zero-order valence-corrected chi connectivity index (χ0v) is 16.8. The van der Waals surface area contributed by atoms with Crippen LogP contribution in [0.4, 0.5) is 4.39 Å². The maximum Gasteiger partial charge on any atom is 0.253 e. The number of rotatable bonds is 3. The molecule has 0 bridgehead atoms. The van der Waals surface area contributed by atoms with Crippen LogP contribution in [0.2, 0.25) is 0 Å². The van der Waals surface area contributed by atoms with Gasteiger partial charge in [0.1, 0.15) is 5.82 Å². The van der Waals surface area contributed by atoms with E-state index < -0.39 is 0 Å². The molecule has 0 aromatic heterocycles. The van der Waals surface area contributed by atoms with Crippen LogP contribution in [-0.4, -0.2) is 41.2 Å². The lowest BCUT2D eigenvalue weighted by Crippen LogP contribution is -2.46. The lowest BCUT2D eigenvalue weighted by molar-refractivity contribution is -0.137. The van der Waals surface area contributed by atoms with Crippen LogP contribution in [-0.2, 0) is 4.79 Å². The molecule has 2 unspecified atom stereocenters. The summed E-state index contributed by atoms with van der Waals surface area (Å²) in [4.78, 5) is 29.9.